The van der Waals surface area contributed by atoms with Crippen molar-refractivity contribution in [1.82, 2.24) is 4.57 Å². The molecular weight excluding hydrogens is 333 g/mol. The van der Waals surface area contributed by atoms with Crippen LogP contribution in [0, 0.1) is 5.82 Å². The number of carboxylic acid groups (broad SMARTS) is 1. The summed E-state index contributed by atoms with van der Waals surface area (Å²) < 4.78 is 14.4. The molecule has 7 nitrogen and oxygen atoms in total. The first-order valence-corrected chi connectivity index (χ1v) is 6.03. The maximum Gasteiger partial charge on any atom is 2.00 e. The van der Waals surface area contributed by atoms with Gasteiger partial charge in [0.1, 0.15) is 5.82 Å². The third kappa shape index (κ3) is 6.12. The Balaban J connectivity index is 0. The summed E-state index contributed by atoms with van der Waals surface area (Å²) in [5.41, 5.74) is 0.958. The molecule has 1 heterocycles. The van der Waals surface area contributed by atoms with Crippen molar-refractivity contribution in [2.24, 2.45) is 0 Å². The smallest absolute Gasteiger partial charge is 0.871 e. The number of hydrogen-bond donors (Lipinski definition) is 1. The van der Waals surface area contributed by atoms with E-state index < -0.39 is 17.5 Å². The van der Waals surface area contributed by atoms with E-state index in [0.29, 0.717) is 12.6 Å². The molecule has 1 aromatic heterocycles. The Labute approximate surface area is 152 Å². The summed E-state index contributed by atoms with van der Waals surface area (Å²) in [4.78, 5) is 21.5. The van der Waals surface area contributed by atoms with Gasteiger partial charge in [0, 0.05) is 18.4 Å². The normalized spacial score (nSPS) is 9.96. The zero-order valence-electron chi connectivity index (χ0n) is 12.5. The standard InChI is InChI=1S/C15H12FNO4.Mg.2H2O/c16-11-5-3-10(4-6-11)9-17-7-1-2-12(17)13(18)8-14(19)15(20)21;;;/h1-8,18H,9H2,(H,20,21);;2*1H2/q;+2;;/p-2/b13-8-;;;. The van der Waals surface area contributed by atoms with E-state index in [-0.39, 0.29) is 45.5 Å². The van der Waals surface area contributed by atoms with Gasteiger partial charge >= 0.3 is 29.0 Å². The first-order chi connectivity index (χ1) is 9.97. The first-order valence-electron chi connectivity index (χ1n) is 6.03. The van der Waals surface area contributed by atoms with E-state index in [1.165, 1.54) is 18.2 Å². The number of halogens is 1. The zero-order chi connectivity index (χ0) is 15.4. The Morgan fingerprint density at radius 1 is 1.21 bits per heavy atom. The van der Waals surface area contributed by atoms with E-state index in [4.69, 9.17) is 5.11 Å². The summed E-state index contributed by atoms with van der Waals surface area (Å²) >= 11 is 0. The van der Waals surface area contributed by atoms with Gasteiger partial charge in [-0.25, -0.2) is 9.18 Å². The van der Waals surface area contributed by atoms with E-state index in [0.717, 1.165) is 5.56 Å². The zero-order valence-corrected chi connectivity index (χ0v) is 13.9. The minimum absolute atomic E-state index is 0. The largest absolute Gasteiger partial charge is 2.00 e. The molecule has 1 aromatic carbocycles. The summed E-state index contributed by atoms with van der Waals surface area (Å²) in [5.74, 6) is -3.99. The fourth-order valence-electron chi connectivity index (χ4n) is 1.82. The fourth-order valence-corrected chi connectivity index (χ4v) is 1.82. The fraction of sp³-hybridized carbons (Fsp3) is 0.0667. The molecule has 0 spiro atoms. The van der Waals surface area contributed by atoms with Gasteiger partial charge in [0.15, 0.2) is 0 Å². The molecule has 124 valence electrons. The summed E-state index contributed by atoms with van der Waals surface area (Å²) in [6.45, 7) is 0.309. The van der Waals surface area contributed by atoms with Crippen molar-refractivity contribution in [3.05, 3.63) is 65.7 Å². The Kier molecular flexibility index (Phi) is 10.6. The number of rotatable bonds is 5. The first kappa shape index (κ1) is 24.1. The predicted octanol–water partition coefficient (Wildman–Crippen LogP) is -0.352. The van der Waals surface area contributed by atoms with Crippen LogP contribution >= 0.6 is 0 Å². The average molecular weight is 348 g/mol. The molecule has 0 radical (unpaired) electrons. The molecule has 0 aliphatic rings. The Morgan fingerprint density at radius 3 is 2.33 bits per heavy atom. The van der Waals surface area contributed by atoms with E-state index in [2.05, 4.69) is 0 Å². The van der Waals surface area contributed by atoms with Crippen LogP contribution in [0.15, 0.2) is 48.7 Å². The van der Waals surface area contributed by atoms with Gasteiger partial charge in [0.05, 0.1) is 0 Å². The number of ketones is 1. The summed E-state index contributed by atoms with van der Waals surface area (Å²) in [6.07, 6.45) is 2.16. The molecule has 0 saturated carbocycles. The van der Waals surface area contributed by atoms with Gasteiger partial charge in [-0.05, 0) is 35.9 Å². The van der Waals surface area contributed by atoms with Gasteiger partial charge in [-0.2, -0.15) is 0 Å². The molecule has 0 aliphatic heterocycles. The number of nitrogens with zero attached hydrogens (tertiary/aromatic N) is 1. The SMILES string of the molecule is O.O=C(O)C(=O)/C=C(\[O-])c1cccn1Cc1ccc(F)cc1.[Mg+2].[OH-]. The van der Waals surface area contributed by atoms with Crippen LogP contribution in [-0.4, -0.2) is 55.4 Å². The quantitative estimate of drug-likeness (QED) is 0.340. The van der Waals surface area contributed by atoms with Gasteiger partial charge in [0.2, 0.25) is 0 Å². The molecule has 9 heteroatoms. The Bertz CT molecular complexity index is 711. The predicted molar refractivity (Wildman–Crippen MR) is 81.9 cm³/mol. The van der Waals surface area contributed by atoms with Gasteiger partial charge in [0.25, 0.3) is 5.78 Å². The second kappa shape index (κ2) is 10.5. The molecule has 24 heavy (non-hydrogen) atoms. The number of carbonyl (C=O) groups excluding carboxylic acids is 1. The molecule has 0 atom stereocenters. The second-order valence-corrected chi connectivity index (χ2v) is 4.33. The van der Waals surface area contributed by atoms with Crippen molar-refractivity contribution >= 4 is 40.6 Å². The van der Waals surface area contributed by atoms with Crippen LogP contribution in [0.1, 0.15) is 11.3 Å². The van der Waals surface area contributed by atoms with Gasteiger partial charge in [-0.15, -0.1) is 0 Å². The topological polar surface area (TPSA) is 144 Å². The minimum atomic E-state index is -1.68. The summed E-state index contributed by atoms with van der Waals surface area (Å²) in [5, 5.41) is 20.3. The number of benzene rings is 1. The van der Waals surface area contributed by atoms with Crippen molar-refractivity contribution in [1.29, 1.82) is 0 Å². The molecule has 0 aliphatic carbocycles. The molecule has 2 aromatic rings. The number of aromatic nitrogens is 1. The van der Waals surface area contributed by atoms with Crippen LogP contribution in [0.2, 0.25) is 0 Å². The minimum Gasteiger partial charge on any atom is -0.871 e. The van der Waals surface area contributed by atoms with Crippen molar-refractivity contribution in [3.8, 4) is 0 Å². The average Bonchev–Trinajstić information content (AvgIpc) is 2.89. The Morgan fingerprint density at radius 2 is 1.79 bits per heavy atom. The van der Waals surface area contributed by atoms with E-state index in [1.54, 1.807) is 29.0 Å². The van der Waals surface area contributed by atoms with E-state index >= 15 is 0 Å². The number of aliphatic carboxylic acids is 1. The molecule has 0 saturated heterocycles. The molecule has 0 fully saturated rings. The van der Waals surface area contributed by atoms with Crippen molar-refractivity contribution in [3.63, 3.8) is 0 Å². The van der Waals surface area contributed by atoms with Crippen LogP contribution in [-0.2, 0) is 16.1 Å². The maximum absolute atomic E-state index is 12.8. The third-order valence-electron chi connectivity index (χ3n) is 2.82. The monoisotopic (exact) mass is 347 g/mol. The number of carbonyl (C=O) groups is 2. The molecule has 2 rings (SSSR count). The number of carboxylic acids is 1. The molecule has 0 unspecified atom stereocenters. The molecule has 0 bridgehead atoms. The molecule has 4 N–H and O–H groups in total. The van der Waals surface area contributed by atoms with E-state index in [1.807, 2.05) is 0 Å². The van der Waals surface area contributed by atoms with Crippen LogP contribution in [0.4, 0.5) is 4.39 Å². The van der Waals surface area contributed by atoms with Gasteiger partial charge in [-0.1, -0.05) is 17.9 Å². The van der Waals surface area contributed by atoms with E-state index in [9.17, 15) is 19.1 Å². The Hall–Kier alpha value is -2.20. The van der Waals surface area contributed by atoms with Gasteiger partial charge < -0.3 is 25.7 Å². The third-order valence-corrected chi connectivity index (χ3v) is 2.82. The second-order valence-electron chi connectivity index (χ2n) is 4.33. The summed E-state index contributed by atoms with van der Waals surface area (Å²) in [7, 11) is 0. The van der Waals surface area contributed by atoms with Crippen molar-refractivity contribution in [2.45, 2.75) is 6.54 Å². The number of hydrogen-bond acceptors (Lipinski definition) is 4. The van der Waals surface area contributed by atoms with Crippen LogP contribution in [0.3, 0.4) is 0 Å². The summed E-state index contributed by atoms with van der Waals surface area (Å²) in [6, 6.07) is 8.86. The van der Waals surface area contributed by atoms with Crippen LogP contribution in [0.25, 0.3) is 5.76 Å². The van der Waals surface area contributed by atoms with Crippen molar-refractivity contribution < 1.29 is 35.1 Å². The van der Waals surface area contributed by atoms with Crippen LogP contribution in [0.5, 0.6) is 0 Å². The maximum atomic E-state index is 12.8. The molecular formula is C15H14FMgNO6. The van der Waals surface area contributed by atoms with Gasteiger partial charge in [-0.3, -0.25) is 4.79 Å². The van der Waals surface area contributed by atoms with Crippen molar-refractivity contribution in [2.75, 3.05) is 0 Å². The molecule has 0 amide bonds. The van der Waals surface area contributed by atoms with Crippen LogP contribution < -0.4 is 5.11 Å².